The van der Waals surface area contributed by atoms with Crippen molar-refractivity contribution in [3.8, 4) is 5.75 Å². The number of hydrogen-bond acceptors (Lipinski definition) is 9. The minimum atomic E-state index is -0.975. The fraction of sp³-hybridized carbons (Fsp3) is 0.194. The van der Waals surface area contributed by atoms with Gasteiger partial charge in [-0.1, -0.05) is 60.4 Å². The Kier molecular flexibility index (Phi) is 7.96. The van der Waals surface area contributed by atoms with Crippen LogP contribution in [0.25, 0.3) is 11.4 Å². The molecule has 0 bridgehead atoms. The van der Waals surface area contributed by atoms with Crippen molar-refractivity contribution in [3.05, 3.63) is 107 Å². The highest BCUT2D eigenvalue weighted by molar-refractivity contribution is 8.00. The molecule has 0 radical (unpaired) electrons. The number of aliphatic hydroxyl groups excluding tert-OH is 1. The Bertz CT molecular complexity index is 1850. The number of halogens is 1. The van der Waals surface area contributed by atoms with Crippen molar-refractivity contribution in [2.45, 2.75) is 36.4 Å². The van der Waals surface area contributed by atoms with Crippen molar-refractivity contribution in [1.82, 2.24) is 19.6 Å². The van der Waals surface area contributed by atoms with Gasteiger partial charge in [0.1, 0.15) is 22.9 Å². The first-order valence-electron chi connectivity index (χ1n) is 13.5. The van der Waals surface area contributed by atoms with Crippen LogP contribution in [0.4, 0.5) is 9.52 Å². The molecule has 0 saturated carbocycles. The van der Waals surface area contributed by atoms with Gasteiger partial charge in [0, 0.05) is 11.9 Å². The predicted octanol–water partition coefficient (Wildman–Crippen LogP) is 6.34. The number of Topliss-reactive ketones (excluding diaryl/α,β-unsaturated/α-hetero) is 1. The second-order valence-corrected chi connectivity index (χ2v) is 12.0. The van der Waals surface area contributed by atoms with Gasteiger partial charge in [-0.05, 0) is 60.9 Å². The quantitative estimate of drug-likeness (QED) is 0.0673. The monoisotopic (exact) mass is 615 g/mol. The second kappa shape index (κ2) is 12.0. The molecule has 1 fully saturated rings. The summed E-state index contributed by atoms with van der Waals surface area (Å²) in [5.74, 6) is -1.14. The third-order valence-corrected chi connectivity index (χ3v) is 9.05. The predicted molar refractivity (Wildman–Crippen MR) is 163 cm³/mol. The van der Waals surface area contributed by atoms with E-state index in [4.69, 9.17) is 4.74 Å². The van der Waals surface area contributed by atoms with Crippen LogP contribution >= 0.6 is 23.1 Å². The first kappa shape index (κ1) is 28.6. The zero-order valence-corrected chi connectivity index (χ0v) is 24.9. The minimum Gasteiger partial charge on any atom is -0.505 e. The number of nitrogens with zero attached hydrogens (tertiary/aromatic N) is 5. The van der Waals surface area contributed by atoms with E-state index in [0.717, 1.165) is 23.3 Å². The molecule has 6 rings (SSSR count). The van der Waals surface area contributed by atoms with Crippen molar-refractivity contribution in [1.29, 1.82) is 0 Å². The molecule has 12 heteroatoms. The van der Waals surface area contributed by atoms with E-state index in [-0.39, 0.29) is 22.3 Å². The minimum absolute atomic E-state index is 0.0725. The number of thioether (sulfide) groups is 1. The zero-order chi connectivity index (χ0) is 30.1. The number of imidazole rings is 1. The lowest BCUT2D eigenvalue weighted by atomic mass is 9.96. The van der Waals surface area contributed by atoms with Crippen molar-refractivity contribution < 1.29 is 23.8 Å². The Morgan fingerprint density at radius 1 is 1.07 bits per heavy atom. The summed E-state index contributed by atoms with van der Waals surface area (Å²) in [6, 6.07) is 17.7. The summed E-state index contributed by atoms with van der Waals surface area (Å²) in [6.45, 7) is 4.30. The first-order valence-corrected chi connectivity index (χ1v) is 15.3. The van der Waals surface area contributed by atoms with Gasteiger partial charge in [-0.25, -0.2) is 9.37 Å². The maximum Gasteiger partial charge on any atom is 0.301 e. The van der Waals surface area contributed by atoms with Crippen LogP contribution in [0.15, 0.2) is 82.8 Å². The number of fused-ring (bicyclic) bond motifs is 1. The molecule has 4 heterocycles. The number of ether oxygens (including phenoxy) is 1. The van der Waals surface area contributed by atoms with E-state index >= 15 is 0 Å². The smallest absolute Gasteiger partial charge is 0.301 e. The van der Waals surface area contributed by atoms with E-state index in [9.17, 15) is 19.1 Å². The normalized spacial score (nSPS) is 16.3. The van der Waals surface area contributed by atoms with Crippen LogP contribution in [0.3, 0.4) is 0 Å². The summed E-state index contributed by atoms with van der Waals surface area (Å²) in [6.07, 6.45) is 2.59. The van der Waals surface area contributed by atoms with Crippen LogP contribution < -0.4 is 9.64 Å². The number of aryl methyl sites for hydroxylation is 1. The Labute approximate surface area is 254 Å². The average Bonchev–Trinajstić information content (AvgIpc) is 3.69. The number of hydrogen-bond donors (Lipinski definition) is 1. The van der Waals surface area contributed by atoms with Crippen molar-refractivity contribution in [2.75, 3.05) is 11.5 Å². The average molecular weight is 616 g/mol. The van der Waals surface area contributed by atoms with Crippen LogP contribution in [0.1, 0.15) is 41.9 Å². The van der Waals surface area contributed by atoms with E-state index < -0.39 is 17.7 Å². The molecule has 2 aromatic carbocycles. The van der Waals surface area contributed by atoms with Crippen molar-refractivity contribution in [3.63, 3.8) is 0 Å². The van der Waals surface area contributed by atoms with Gasteiger partial charge in [0.05, 0.1) is 23.9 Å². The van der Waals surface area contributed by atoms with Gasteiger partial charge < -0.3 is 9.84 Å². The molecule has 1 aliphatic heterocycles. The van der Waals surface area contributed by atoms with Crippen LogP contribution in [-0.2, 0) is 15.3 Å². The molecular formula is C31H26FN5O4S2. The maximum atomic E-state index is 13.7. The molecule has 1 aliphatic rings. The van der Waals surface area contributed by atoms with E-state index in [1.807, 2.05) is 13.0 Å². The number of aromatic nitrogens is 4. The highest BCUT2D eigenvalue weighted by atomic mass is 32.2. The summed E-state index contributed by atoms with van der Waals surface area (Å²) in [7, 11) is 0. The lowest BCUT2D eigenvalue weighted by molar-refractivity contribution is -0.132. The maximum absolute atomic E-state index is 13.7. The van der Waals surface area contributed by atoms with Gasteiger partial charge in [0.2, 0.25) is 5.13 Å². The first-order chi connectivity index (χ1) is 20.9. The number of pyridine rings is 1. The van der Waals surface area contributed by atoms with E-state index in [2.05, 4.69) is 15.2 Å². The van der Waals surface area contributed by atoms with Gasteiger partial charge in [0.25, 0.3) is 5.78 Å². The molecule has 1 saturated heterocycles. The molecule has 5 aromatic rings. The lowest BCUT2D eigenvalue weighted by Gasteiger charge is -2.22. The number of benzene rings is 2. The molecule has 43 heavy (non-hydrogen) atoms. The van der Waals surface area contributed by atoms with Crippen LogP contribution in [0.5, 0.6) is 5.75 Å². The van der Waals surface area contributed by atoms with Gasteiger partial charge in [-0.3, -0.25) is 18.9 Å². The van der Waals surface area contributed by atoms with Crippen LogP contribution in [0.2, 0.25) is 0 Å². The SMILES string of the molecule is CCCOc1ccc(C2/C(=C(\O)c3c(C)nc4ccccn34)C(=O)C(=O)N2c2nnc(SCc3ccc(F)cc3)s2)cc1. The third kappa shape index (κ3) is 5.51. The van der Waals surface area contributed by atoms with Gasteiger partial charge >= 0.3 is 5.91 Å². The van der Waals surface area contributed by atoms with Gasteiger partial charge in [0.15, 0.2) is 10.1 Å². The summed E-state index contributed by atoms with van der Waals surface area (Å²) in [4.78, 5) is 33.1. The largest absolute Gasteiger partial charge is 0.505 e. The number of amides is 1. The van der Waals surface area contributed by atoms with Crippen LogP contribution in [0, 0.1) is 12.7 Å². The number of rotatable bonds is 9. The van der Waals surface area contributed by atoms with Gasteiger partial charge in [-0.2, -0.15) is 0 Å². The second-order valence-electron chi connectivity index (χ2n) is 9.83. The fourth-order valence-corrected chi connectivity index (χ4v) is 6.75. The molecule has 218 valence electrons. The molecule has 0 spiro atoms. The highest BCUT2D eigenvalue weighted by Gasteiger charge is 2.49. The summed E-state index contributed by atoms with van der Waals surface area (Å²) < 4.78 is 21.3. The number of anilines is 1. The highest BCUT2D eigenvalue weighted by Crippen LogP contribution is 2.44. The lowest BCUT2D eigenvalue weighted by Crippen LogP contribution is -2.29. The molecule has 9 nitrogen and oxygen atoms in total. The molecule has 1 amide bonds. The third-order valence-electron chi connectivity index (χ3n) is 6.92. The van der Waals surface area contributed by atoms with Crippen molar-refractivity contribution >= 4 is 51.3 Å². The summed E-state index contributed by atoms with van der Waals surface area (Å²) >= 11 is 2.55. The van der Waals surface area contributed by atoms with E-state index in [0.29, 0.717) is 45.0 Å². The molecule has 3 aromatic heterocycles. The fourth-order valence-electron chi connectivity index (χ4n) is 4.92. The van der Waals surface area contributed by atoms with Crippen LogP contribution in [-0.4, -0.2) is 43.0 Å². The molecule has 1 N–H and O–H groups in total. The Balaban J connectivity index is 1.42. The molecule has 1 unspecified atom stereocenters. The molecule has 0 aliphatic carbocycles. The standard InChI is InChI=1S/C31H26FN5O4S2/c1-3-16-41-22-13-9-20(10-14-22)26-24(27(38)25-18(2)33-23-6-4-5-15-36(23)25)28(39)29(40)37(26)30-34-35-31(43-30)42-17-19-7-11-21(32)12-8-19/h4-15,26,38H,3,16-17H2,1-2H3/b27-24+. The van der Waals surface area contributed by atoms with Gasteiger partial charge in [-0.15, -0.1) is 10.2 Å². The molecular weight excluding hydrogens is 590 g/mol. The molecule has 1 atom stereocenters. The van der Waals surface area contributed by atoms with E-state index in [1.165, 1.54) is 28.8 Å². The Morgan fingerprint density at radius 3 is 2.58 bits per heavy atom. The summed E-state index contributed by atoms with van der Waals surface area (Å²) in [5, 5.41) is 20.4. The summed E-state index contributed by atoms with van der Waals surface area (Å²) in [5.41, 5.74) is 2.85. The van der Waals surface area contributed by atoms with Crippen molar-refractivity contribution in [2.24, 2.45) is 0 Å². The number of carbonyl (C=O) groups excluding carboxylic acids is 2. The number of carbonyl (C=O) groups is 2. The number of aliphatic hydroxyl groups is 1. The van der Waals surface area contributed by atoms with E-state index in [1.54, 1.807) is 66.1 Å². The zero-order valence-electron chi connectivity index (χ0n) is 23.2. The Hall–Kier alpha value is -4.55. The number of ketones is 1. The Morgan fingerprint density at radius 2 is 1.84 bits per heavy atom. The topological polar surface area (TPSA) is 110 Å².